The first-order valence-electron chi connectivity index (χ1n) is 7.77. The molecule has 0 aliphatic heterocycles. The van der Waals surface area contributed by atoms with Gasteiger partial charge in [-0.2, -0.15) is 10.1 Å². The van der Waals surface area contributed by atoms with E-state index in [0.29, 0.717) is 31.1 Å². The molecule has 0 aliphatic rings. The van der Waals surface area contributed by atoms with Crippen molar-refractivity contribution < 1.29 is 9.32 Å². The smallest absolute Gasteiger partial charge is 0.244 e. The lowest BCUT2D eigenvalue weighted by Crippen LogP contribution is -2.33. The Morgan fingerprint density at radius 2 is 2.29 bits per heavy atom. The van der Waals surface area contributed by atoms with Crippen molar-refractivity contribution in [3.05, 3.63) is 48.9 Å². The van der Waals surface area contributed by atoms with Gasteiger partial charge in [-0.05, 0) is 24.6 Å². The number of amides is 1. The van der Waals surface area contributed by atoms with Crippen LogP contribution in [-0.4, -0.2) is 37.4 Å². The third-order valence-electron chi connectivity index (χ3n) is 3.56. The van der Waals surface area contributed by atoms with Crippen molar-refractivity contribution in [2.45, 2.75) is 25.8 Å². The maximum Gasteiger partial charge on any atom is 0.244 e. The minimum atomic E-state index is -0.311. The number of nitrogens with zero attached hydrogens (tertiary/aromatic N) is 5. The lowest BCUT2D eigenvalue weighted by molar-refractivity contribution is -0.124. The number of hydrogen-bond donors (Lipinski definition) is 1. The third kappa shape index (κ3) is 3.65. The van der Waals surface area contributed by atoms with E-state index in [4.69, 9.17) is 4.52 Å². The predicted octanol–water partition coefficient (Wildman–Crippen LogP) is 1.64. The zero-order valence-electron chi connectivity index (χ0n) is 13.3. The fourth-order valence-electron chi connectivity index (χ4n) is 2.34. The Labute approximate surface area is 138 Å². The summed E-state index contributed by atoms with van der Waals surface area (Å²) in [6.45, 7) is 2.37. The molecular formula is C16H18N6O2. The van der Waals surface area contributed by atoms with Gasteiger partial charge in [-0.15, -0.1) is 0 Å². The molecule has 1 amide bonds. The molecule has 3 heterocycles. The van der Waals surface area contributed by atoms with Crippen LogP contribution in [0.5, 0.6) is 0 Å². The maximum absolute atomic E-state index is 12.2. The molecule has 124 valence electrons. The van der Waals surface area contributed by atoms with Gasteiger partial charge in [0.2, 0.25) is 17.6 Å². The minimum absolute atomic E-state index is 0.0757. The van der Waals surface area contributed by atoms with Gasteiger partial charge in [0.05, 0.1) is 0 Å². The highest BCUT2D eigenvalue weighted by atomic mass is 16.5. The summed E-state index contributed by atoms with van der Waals surface area (Å²) in [7, 11) is 0. The maximum atomic E-state index is 12.2. The van der Waals surface area contributed by atoms with Crippen LogP contribution < -0.4 is 5.32 Å². The van der Waals surface area contributed by atoms with E-state index in [1.165, 1.54) is 0 Å². The molecule has 3 rings (SSSR count). The summed E-state index contributed by atoms with van der Waals surface area (Å²) in [5.74, 6) is 0.891. The van der Waals surface area contributed by atoms with Crippen molar-refractivity contribution in [2.24, 2.45) is 0 Å². The molecule has 24 heavy (non-hydrogen) atoms. The van der Waals surface area contributed by atoms with Crippen molar-refractivity contribution in [3.8, 4) is 11.4 Å². The van der Waals surface area contributed by atoms with E-state index in [-0.39, 0.29) is 11.9 Å². The first kappa shape index (κ1) is 15.9. The van der Waals surface area contributed by atoms with Gasteiger partial charge in [0.25, 0.3) is 0 Å². The summed E-state index contributed by atoms with van der Waals surface area (Å²) in [4.78, 5) is 20.6. The van der Waals surface area contributed by atoms with Crippen LogP contribution in [0.4, 0.5) is 0 Å². The van der Waals surface area contributed by atoms with Crippen LogP contribution in [-0.2, 0) is 11.2 Å². The molecule has 0 saturated heterocycles. The summed E-state index contributed by atoms with van der Waals surface area (Å²) < 4.78 is 6.86. The number of rotatable bonds is 7. The van der Waals surface area contributed by atoms with Gasteiger partial charge in [0.1, 0.15) is 6.04 Å². The molecule has 0 fully saturated rings. The Kier molecular flexibility index (Phi) is 4.95. The molecule has 0 saturated carbocycles. The van der Waals surface area contributed by atoms with E-state index < -0.39 is 0 Å². The highest BCUT2D eigenvalue weighted by molar-refractivity contribution is 5.80. The zero-order valence-corrected chi connectivity index (χ0v) is 13.3. The quantitative estimate of drug-likeness (QED) is 0.708. The van der Waals surface area contributed by atoms with E-state index in [0.717, 1.165) is 5.56 Å². The Morgan fingerprint density at radius 1 is 1.38 bits per heavy atom. The predicted molar refractivity (Wildman–Crippen MR) is 85.8 cm³/mol. The van der Waals surface area contributed by atoms with Gasteiger partial charge in [0.15, 0.2) is 0 Å². The lowest BCUT2D eigenvalue weighted by Gasteiger charge is -2.14. The molecule has 1 N–H and O–H groups in total. The number of carbonyl (C=O) groups excluding carboxylic acids is 1. The SMILES string of the molecule is CCC(C(=O)NCCc1nc(-c2cccnc2)no1)n1cccn1. The molecule has 1 unspecified atom stereocenters. The Hall–Kier alpha value is -3.03. The van der Waals surface area contributed by atoms with E-state index in [2.05, 4.69) is 25.5 Å². The van der Waals surface area contributed by atoms with Crippen LogP contribution >= 0.6 is 0 Å². The fourth-order valence-corrected chi connectivity index (χ4v) is 2.34. The number of nitrogens with one attached hydrogen (secondary N) is 1. The van der Waals surface area contributed by atoms with E-state index in [1.807, 2.05) is 19.1 Å². The van der Waals surface area contributed by atoms with Crippen molar-refractivity contribution in [2.75, 3.05) is 6.54 Å². The monoisotopic (exact) mass is 326 g/mol. The third-order valence-corrected chi connectivity index (χ3v) is 3.56. The zero-order chi connectivity index (χ0) is 16.8. The molecule has 0 bridgehead atoms. The van der Waals surface area contributed by atoms with Gasteiger partial charge in [-0.3, -0.25) is 14.5 Å². The largest absolute Gasteiger partial charge is 0.354 e. The van der Waals surface area contributed by atoms with Crippen molar-refractivity contribution >= 4 is 5.91 Å². The van der Waals surface area contributed by atoms with E-state index in [9.17, 15) is 4.79 Å². The van der Waals surface area contributed by atoms with Gasteiger partial charge >= 0.3 is 0 Å². The van der Waals surface area contributed by atoms with Crippen LogP contribution in [0.15, 0.2) is 47.5 Å². The highest BCUT2D eigenvalue weighted by Gasteiger charge is 2.18. The summed E-state index contributed by atoms with van der Waals surface area (Å²) in [6, 6.07) is 5.16. The molecule has 3 aromatic heterocycles. The van der Waals surface area contributed by atoms with Crippen molar-refractivity contribution in [1.82, 2.24) is 30.2 Å². The fraction of sp³-hybridized carbons (Fsp3) is 0.312. The van der Waals surface area contributed by atoms with Crippen LogP contribution in [0.3, 0.4) is 0 Å². The summed E-state index contributed by atoms with van der Waals surface area (Å²) >= 11 is 0. The molecule has 0 spiro atoms. The summed E-state index contributed by atoms with van der Waals surface area (Å²) in [5.41, 5.74) is 0.793. The molecule has 8 heteroatoms. The molecule has 0 aliphatic carbocycles. The second-order valence-corrected chi connectivity index (χ2v) is 5.20. The summed E-state index contributed by atoms with van der Waals surface area (Å²) in [6.07, 6.45) is 7.93. The molecule has 1 atom stereocenters. The molecule has 0 radical (unpaired) electrons. The Bertz CT molecular complexity index is 769. The van der Waals surface area contributed by atoms with Gasteiger partial charge in [-0.1, -0.05) is 12.1 Å². The van der Waals surface area contributed by atoms with Crippen LogP contribution in [0.25, 0.3) is 11.4 Å². The molecule has 3 aromatic rings. The second-order valence-electron chi connectivity index (χ2n) is 5.20. The first-order valence-corrected chi connectivity index (χ1v) is 7.77. The molecular weight excluding hydrogens is 308 g/mol. The average molecular weight is 326 g/mol. The number of hydrogen-bond acceptors (Lipinski definition) is 6. The van der Waals surface area contributed by atoms with Crippen LogP contribution in [0.1, 0.15) is 25.3 Å². The summed E-state index contributed by atoms with van der Waals surface area (Å²) in [5, 5.41) is 10.9. The second kappa shape index (κ2) is 7.49. The van der Waals surface area contributed by atoms with Crippen LogP contribution in [0, 0.1) is 0 Å². The number of aromatic nitrogens is 5. The van der Waals surface area contributed by atoms with Gasteiger partial charge in [-0.25, -0.2) is 0 Å². The first-order chi connectivity index (χ1) is 11.8. The van der Waals surface area contributed by atoms with Crippen molar-refractivity contribution in [3.63, 3.8) is 0 Å². The number of carbonyl (C=O) groups is 1. The highest BCUT2D eigenvalue weighted by Crippen LogP contribution is 2.14. The van der Waals surface area contributed by atoms with Crippen LogP contribution in [0.2, 0.25) is 0 Å². The van der Waals surface area contributed by atoms with E-state index in [1.54, 1.807) is 35.5 Å². The molecule has 0 aromatic carbocycles. The standard InChI is InChI=1S/C16H18N6O2/c1-2-13(22-10-4-8-19-22)16(23)18-9-6-14-20-15(21-24-14)12-5-3-7-17-11-12/h3-5,7-8,10-11,13H,2,6,9H2,1H3,(H,18,23). The van der Waals surface area contributed by atoms with E-state index >= 15 is 0 Å². The Morgan fingerprint density at radius 3 is 3.00 bits per heavy atom. The van der Waals surface area contributed by atoms with Gasteiger partial charge < -0.3 is 9.84 Å². The topological polar surface area (TPSA) is 98.7 Å². The lowest BCUT2D eigenvalue weighted by atomic mass is 10.2. The van der Waals surface area contributed by atoms with Crippen molar-refractivity contribution in [1.29, 1.82) is 0 Å². The Balaban J connectivity index is 1.53. The number of pyridine rings is 1. The minimum Gasteiger partial charge on any atom is -0.354 e. The molecule has 8 nitrogen and oxygen atoms in total. The average Bonchev–Trinajstić information content (AvgIpc) is 3.28. The normalized spacial score (nSPS) is 12.0. The van der Waals surface area contributed by atoms with Gasteiger partial charge in [0, 0.05) is 43.3 Å².